The highest BCUT2D eigenvalue weighted by Gasteiger charge is 2.37. The predicted octanol–water partition coefficient (Wildman–Crippen LogP) is 2.46. The Morgan fingerprint density at radius 3 is 2.42 bits per heavy atom. The van der Waals surface area contributed by atoms with Gasteiger partial charge in [-0.05, 0) is 19.9 Å². The molecular formula is C13H19ClFNO3. The summed E-state index contributed by atoms with van der Waals surface area (Å²) in [5, 5.41) is 0. The third-order valence-electron chi connectivity index (χ3n) is 3.02. The number of methoxy groups -OCH3 is 2. The second-order valence-corrected chi connectivity index (χ2v) is 4.58. The standard InChI is InChI=1S/C13H18FNO3.ClH/c1-13(2,12(16)18-4)11(15)9-6-5-8(14)7-10(9)17-3;/h5-7,11H,15H2,1-4H3;1H/t11-;/m1./s1. The van der Waals surface area contributed by atoms with Crippen molar-refractivity contribution in [3.63, 3.8) is 0 Å². The molecule has 2 N–H and O–H groups in total. The van der Waals surface area contributed by atoms with Crippen LogP contribution >= 0.6 is 12.4 Å². The van der Waals surface area contributed by atoms with Crippen molar-refractivity contribution >= 4 is 18.4 Å². The molecule has 0 aromatic heterocycles. The fourth-order valence-electron chi connectivity index (χ4n) is 1.72. The lowest BCUT2D eigenvalue weighted by atomic mass is 9.80. The zero-order chi connectivity index (χ0) is 13.9. The van der Waals surface area contributed by atoms with Gasteiger partial charge in [0, 0.05) is 17.7 Å². The van der Waals surface area contributed by atoms with Gasteiger partial charge < -0.3 is 15.2 Å². The van der Waals surface area contributed by atoms with Gasteiger partial charge in [-0.2, -0.15) is 0 Å². The van der Waals surface area contributed by atoms with Gasteiger partial charge in [0.2, 0.25) is 0 Å². The van der Waals surface area contributed by atoms with E-state index in [1.807, 2.05) is 0 Å². The van der Waals surface area contributed by atoms with Crippen LogP contribution in [0.1, 0.15) is 25.5 Å². The first kappa shape index (κ1) is 17.7. The fourth-order valence-corrected chi connectivity index (χ4v) is 1.72. The highest BCUT2D eigenvalue weighted by atomic mass is 35.5. The molecule has 0 radical (unpaired) electrons. The third kappa shape index (κ3) is 3.58. The summed E-state index contributed by atoms with van der Waals surface area (Å²) in [7, 11) is 2.73. The highest BCUT2D eigenvalue weighted by Crippen LogP contribution is 2.37. The van der Waals surface area contributed by atoms with Gasteiger partial charge in [-0.3, -0.25) is 4.79 Å². The van der Waals surface area contributed by atoms with Crippen LogP contribution in [0.4, 0.5) is 4.39 Å². The Bertz CT molecular complexity index is 452. The summed E-state index contributed by atoms with van der Waals surface area (Å²) < 4.78 is 22.9. The SMILES string of the molecule is COC(=O)C(C)(C)[C@H](N)c1ccc(F)cc1OC.Cl. The molecule has 0 bridgehead atoms. The Balaban J connectivity index is 0.00000324. The maximum Gasteiger partial charge on any atom is 0.313 e. The molecule has 0 aliphatic heterocycles. The van der Waals surface area contributed by atoms with Crippen molar-refractivity contribution in [2.45, 2.75) is 19.9 Å². The summed E-state index contributed by atoms with van der Waals surface area (Å²) in [5.41, 5.74) is 5.71. The van der Waals surface area contributed by atoms with Crippen molar-refractivity contribution in [2.75, 3.05) is 14.2 Å². The van der Waals surface area contributed by atoms with E-state index in [1.54, 1.807) is 13.8 Å². The summed E-state index contributed by atoms with van der Waals surface area (Å²) in [6, 6.07) is 3.39. The maximum atomic E-state index is 13.1. The van der Waals surface area contributed by atoms with Crippen LogP contribution in [0.3, 0.4) is 0 Å². The topological polar surface area (TPSA) is 61.5 Å². The molecule has 0 saturated heterocycles. The number of hydrogen-bond acceptors (Lipinski definition) is 4. The van der Waals surface area contributed by atoms with E-state index in [2.05, 4.69) is 0 Å². The van der Waals surface area contributed by atoms with E-state index in [4.69, 9.17) is 15.2 Å². The molecule has 1 aromatic rings. The van der Waals surface area contributed by atoms with E-state index in [0.29, 0.717) is 11.3 Å². The molecule has 0 aliphatic rings. The number of esters is 1. The van der Waals surface area contributed by atoms with Gasteiger partial charge in [0.1, 0.15) is 11.6 Å². The quantitative estimate of drug-likeness (QED) is 0.866. The molecule has 108 valence electrons. The first-order valence-corrected chi connectivity index (χ1v) is 5.52. The number of nitrogens with two attached hydrogens (primary N) is 1. The fraction of sp³-hybridized carbons (Fsp3) is 0.462. The molecule has 0 fully saturated rings. The number of benzene rings is 1. The Labute approximate surface area is 118 Å². The van der Waals surface area contributed by atoms with Crippen LogP contribution in [-0.2, 0) is 9.53 Å². The smallest absolute Gasteiger partial charge is 0.313 e. The molecule has 1 atom stereocenters. The molecule has 0 aliphatic carbocycles. The number of rotatable bonds is 4. The second kappa shape index (κ2) is 6.73. The minimum absolute atomic E-state index is 0. The number of ether oxygens (including phenoxy) is 2. The third-order valence-corrected chi connectivity index (χ3v) is 3.02. The molecule has 6 heteroatoms. The molecule has 4 nitrogen and oxygen atoms in total. The average molecular weight is 292 g/mol. The lowest BCUT2D eigenvalue weighted by Gasteiger charge is -2.29. The molecule has 1 aromatic carbocycles. The number of halogens is 2. The van der Waals surface area contributed by atoms with Crippen molar-refractivity contribution in [1.82, 2.24) is 0 Å². The van der Waals surface area contributed by atoms with Crippen LogP contribution in [0.5, 0.6) is 5.75 Å². The van der Waals surface area contributed by atoms with Crippen molar-refractivity contribution < 1.29 is 18.7 Å². The van der Waals surface area contributed by atoms with E-state index in [9.17, 15) is 9.18 Å². The molecule has 0 saturated carbocycles. The molecule has 0 spiro atoms. The number of carbonyl (C=O) groups is 1. The molecule has 0 unspecified atom stereocenters. The van der Waals surface area contributed by atoms with E-state index < -0.39 is 23.2 Å². The van der Waals surface area contributed by atoms with Gasteiger partial charge in [0.15, 0.2) is 0 Å². The van der Waals surface area contributed by atoms with Crippen molar-refractivity contribution in [2.24, 2.45) is 11.1 Å². The minimum atomic E-state index is -0.931. The maximum absolute atomic E-state index is 13.1. The first-order valence-electron chi connectivity index (χ1n) is 5.52. The summed E-state index contributed by atoms with van der Waals surface area (Å²) in [6.07, 6.45) is 0. The van der Waals surface area contributed by atoms with E-state index >= 15 is 0 Å². The van der Waals surface area contributed by atoms with E-state index in [0.717, 1.165) is 0 Å². The van der Waals surface area contributed by atoms with Crippen molar-refractivity contribution in [1.29, 1.82) is 0 Å². The summed E-state index contributed by atoms with van der Waals surface area (Å²) >= 11 is 0. The Kier molecular flexibility index (Phi) is 6.25. The predicted molar refractivity (Wildman–Crippen MR) is 72.9 cm³/mol. The van der Waals surface area contributed by atoms with Gasteiger partial charge in [0.05, 0.1) is 19.6 Å². The normalized spacial score (nSPS) is 12.3. The highest BCUT2D eigenvalue weighted by molar-refractivity contribution is 5.85. The zero-order valence-corrected chi connectivity index (χ0v) is 12.2. The molecular weight excluding hydrogens is 273 g/mol. The lowest BCUT2D eigenvalue weighted by molar-refractivity contribution is -0.152. The summed E-state index contributed by atoms with van der Waals surface area (Å²) in [5.74, 6) is -0.528. The Hall–Kier alpha value is -1.33. The van der Waals surface area contributed by atoms with Crippen LogP contribution < -0.4 is 10.5 Å². The summed E-state index contributed by atoms with van der Waals surface area (Å²) in [6.45, 7) is 3.35. The van der Waals surface area contributed by atoms with Crippen LogP contribution in [0.2, 0.25) is 0 Å². The van der Waals surface area contributed by atoms with Crippen molar-refractivity contribution in [3.05, 3.63) is 29.6 Å². The first-order chi connectivity index (χ1) is 8.34. The molecule has 0 heterocycles. The van der Waals surface area contributed by atoms with E-state index in [1.165, 1.54) is 32.4 Å². The van der Waals surface area contributed by atoms with Gasteiger partial charge in [-0.15, -0.1) is 12.4 Å². The van der Waals surface area contributed by atoms with Crippen LogP contribution in [0.25, 0.3) is 0 Å². The number of carbonyl (C=O) groups excluding carboxylic acids is 1. The second-order valence-electron chi connectivity index (χ2n) is 4.58. The largest absolute Gasteiger partial charge is 0.496 e. The average Bonchev–Trinajstić information content (AvgIpc) is 2.36. The Morgan fingerprint density at radius 1 is 1.37 bits per heavy atom. The lowest BCUT2D eigenvalue weighted by Crippen LogP contribution is -2.37. The van der Waals surface area contributed by atoms with Crippen LogP contribution in [-0.4, -0.2) is 20.2 Å². The molecule has 0 amide bonds. The van der Waals surface area contributed by atoms with Gasteiger partial charge in [-0.1, -0.05) is 6.07 Å². The molecule has 19 heavy (non-hydrogen) atoms. The number of hydrogen-bond donors (Lipinski definition) is 1. The van der Waals surface area contributed by atoms with Gasteiger partial charge in [0.25, 0.3) is 0 Å². The van der Waals surface area contributed by atoms with E-state index in [-0.39, 0.29) is 12.4 Å². The van der Waals surface area contributed by atoms with Crippen LogP contribution in [0, 0.1) is 11.2 Å². The van der Waals surface area contributed by atoms with Gasteiger partial charge >= 0.3 is 5.97 Å². The van der Waals surface area contributed by atoms with Crippen molar-refractivity contribution in [3.8, 4) is 5.75 Å². The zero-order valence-electron chi connectivity index (χ0n) is 11.4. The van der Waals surface area contributed by atoms with Gasteiger partial charge in [-0.25, -0.2) is 4.39 Å². The monoisotopic (exact) mass is 291 g/mol. The Morgan fingerprint density at radius 2 is 1.95 bits per heavy atom. The summed E-state index contributed by atoms with van der Waals surface area (Å²) in [4.78, 5) is 11.7. The molecule has 1 rings (SSSR count). The van der Waals surface area contributed by atoms with Crippen LogP contribution in [0.15, 0.2) is 18.2 Å². The minimum Gasteiger partial charge on any atom is -0.496 e.